The van der Waals surface area contributed by atoms with Crippen molar-refractivity contribution in [2.24, 2.45) is 0 Å². The van der Waals surface area contributed by atoms with Gasteiger partial charge < -0.3 is 0 Å². The quantitative estimate of drug-likeness (QED) is 0.651. The summed E-state index contributed by atoms with van der Waals surface area (Å²) < 4.78 is 28.3. The van der Waals surface area contributed by atoms with Gasteiger partial charge in [-0.25, -0.2) is 13.1 Å². The molecule has 2 aromatic rings. The Balaban J connectivity index is 2.15. The number of aryl methyl sites for hydroxylation is 1. The molecule has 0 fully saturated rings. The smallest absolute Gasteiger partial charge is 0.207 e. The zero-order chi connectivity index (χ0) is 17.4. The maximum absolute atomic E-state index is 12.7. The van der Waals surface area contributed by atoms with Crippen LogP contribution in [0.15, 0.2) is 59.5 Å². The molecule has 24 heavy (non-hydrogen) atoms. The highest BCUT2D eigenvalue weighted by Gasteiger charge is 2.21. The molecule has 0 aliphatic rings. The Labute approximate surface area is 146 Å². The predicted octanol–water partition coefficient (Wildman–Crippen LogP) is 4.99. The van der Waals surface area contributed by atoms with E-state index in [4.69, 9.17) is 0 Å². The van der Waals surface area contributed by atoms with Gasteiger partial charge in [0.1, 0.15) is 0 Å². The predicted molar refractivity (Wildman–Crippen MR) is 99.4 cm³/mol. The second-order valence-electron chi connectivity index (χ2n) is 6.25. The van der Waals surface area contributed by atoms with Crippen LogP contribution in [0.4, 0.5) is 0 Å². The molecular formula is C20H27NO2S. The van der Waals surface area contributed by atoms with Crippen molar-refractivity contribution in [1.29, 1.82) is 0 Å². The van der Waals surface area contributed by atoms with E-state index in [2.05, 4.69) is 11.6 Å². The van der Waals surface area contributed by atoms with Gasteiger partial charge in [-0.2, -0.15) is 0 Å². The molecule has 0 heterocycles. The fourth-order valence-electron chi connectivity index (χ4n) is 2.73. The van der Waals surface area contributed by atoms with Crippen LogP contribution in [0.25, 0.3) is 0 Å². The third kappa shape index (κ3) is 5.46. The van der Waals surface area contributed by atoms with Crippen molar-refractivity contribution < 1.29 is 8.42 Å². The largest absolute Gasteiger partial charge is 0.241 e. The third-order valence-electron chi connectivity index (χ3n) is 4.18. The molecule has 0 bridgehead atoms. The summed E-state index contributed by atoms with van der Waals surface area (Å²) >= 11 is 0. The molecule has 1 atom stereocenters. The van der Waals surface area contributed by atoms with Crippen molar-refractivity contribution >= 4 is 10.0 Å². The number of sulfonamides is 1. The van der Waals surface area contributed by atoms with Crippen LogP contribution in [0.1, 0.15) is 56.2 Å². The zero-order valence-electron chi connectivity index (χ0n) is 14.5. The summed E-state index contributed by atoms with van der Waals surface area (Å²) in [6.07, 6.45) is 5.32. The second kappa shape index (κ2) is 9.00. The fourth-order valence-corrected chi connectivity index (χ4v) is 3.99. The van der Waals surface area contributed by atoms with Gasteiger partial charge in [-0.3, -0.25) is 0 Å². The Morgan fingerprint density at radius 2 is 1.58 bits per heavy atom. The molecule has 130 valence electrons. The molecule has 0 amide bonds. The van der Waals surface area contributed by atoms with Gasteiger partial charge in [0.15, 0.2) is 0 Å². The van der Waals surface area contributed by atoms with E-state index in [0.717, 1.165) is 30.4 Å². The Morgan fingerprint density at radius 3 is 2.21 bits per heavy atom. The van der Waals surface area contributed by atoms with Crippen molar-refractivity contribution in [3.05, 3.63) is 65.7 Å². The van der Waals surface area contributed by atoms with Crippen LogP contribution < -0.4 is 4.72 Å². The van der Waals surface area contributed by atoms with Gasteiger partial charge in [-0.15, -0.1) is 0 Å². The first-order valence-electron chi connectivity index (χ1n) is 8.67. The molecule has 0 saturated heterocycles. The SMILES string of the molecule is CCCCCCC(NS(=O)(=O)c1ccc(C)cc1)c1ccccc1. The van der Waals surface area contributed by atoms with Gasteiger partial charge in [0, 0.05) is 6.04 Å². The Morgan fingerprint density at radius 1 is 0.917 bits per heavy atom. The number of unbranched alkanes of at least 4 members (excludes halogenated alkanes) is 3. The van der Waals surface area contributed by atoms with E-state index in [1.165, 1.54) is 12.8 Å². The molecule has 0 spiro atoms. The molecule has 2 aromatic carbocycles. The highest BCUT2D eigenvalue weighted by atomic mass is 32.2. The lowest BCUT2D eigenvalue weighted by atomic mass is 10.0. The van der Waals surface area contributed by atoms with Crippen LogP contribution in [0.3, 0.4) is 0 Å². The molecule has 4 heteroatoms. The van der Waals surface area contributed by atoms with Gasteiger partial charge >= 0.3 is 0 Å². The lowest BCUT2D eigenvalue weighted by Gasteiger charge is -2.19. The first-order valence-corrected chi connectivity index (χ1v) is 10.1. The summed E-state index contributed by atoms with van der Waals surface area (Å²) in [6.45, 7) is 4.12. The van der Waals surface area contributed by atoms with E-state index in [0.29, 0.717) is 4.90 Å². The van der Waals surface area contributed by atoms with Crippen molar-refractivity contribution in [2.75, 3.05) is 0 Å². The number of rotatable bonds is 9. The van der Waals surface area contributed by atoms with E-state index in [1.54, 1.807) is 12.1 Å². The lowest BCUT2D eigenvalue weighted by Crippen LogP contribution is -2.28. The first kappa shape index (κ1) is 18.7. The summed E-state index contributed by atoms with van der Waals surface area (Å²) in [5.74, 6) is 0. The molecular weight excluding hydrogens is 318 g/mol. The summed E-state index contributed by atoms with van der Waals surface area (Å²) in [5, 5.41) is 0. The minimum atomic E-state index is -3.52. The number of hydrogen-bond donors (Lipinski definition) is 1. The van der Waals surface area contributed by atoms with E-state index < -0.39 is 10.0 Å². The molecule has 0 radical (unpaired) electrons. The molecule has 3 nitrogen and oxygen atoms in total. The van der Waals surface area contributed by atoms with Crippen LogP contribution in [-0.4, -0.2) is 8.42 Å². The average molecular weight is 346 g/mol. The van der Waals surface area contributed by atoms with E-state index in [9.17, 15) is 8.42 Å². The van der Waals surface area contributed by atoms with Gasteiger partial charge in [0.2, 0.25) is 10.0 Å². The van der Waals surface area contributed by atoms with Crippen LogP contribution in [0.5, 0.6) is 0 Å². The molecule has 0 aliphatic carbocycles. The summed E-state index contributed by atoms with van der Waals surface area (Å²) in [7, 11) is -3.52. The molecule has 0 saturated carbocycles. The fraction of sp³-hybridized carbons (Fsp3) is 0.400. The summed E-state index contributed by atoms with van der Waals surface area (Å²) in [5.41, 5.74) is 2.07. The second-order valence-corrected chi connectivity index (χ2v) is 7.96. The van der Waals surface area contributed by atoms with Gasteiger partial charge in [-0.05, 0) is 31.0 Å². The van der Waals surface area contributed by atoms with Gasteiger partial charge in [-0.1, -0.05) is 80.6 Å². The number of hydrogen-bond acceptors (Lipinski definition) is 2. The molecule has 0 aliphatic heterocycles. The van der Waals surface area contributed by atoms with Crippen molar-refractivity contribution in [1.82, 2.24) is 4.72 Å². The van der Waals surface area contributed by atoms with Crippen LogP contribution in [0, 0.1) is 6.92 Å². The van der Waals surface area contributed by atoms with Crippen LogP contribution in [-0.2, 0) is 10.0 Å². The van der Waals surface area contributed by atoms with Gasteiger partial charge in [0.25, 0.3) is 0 Å². The highest BCUT2D eigenvalue weighted by molar-refractivity contribution is 7.89. The standard InChI is InChI=1S/C20H27NO2S/c1-3-4-5-9-12-20(18-10-7-6-8-11-18)21-24(22,23)19-15-13-17(2)14-16-19/h6-8,10-11,13-16,20-21H,3-5,9,12H2,1-2H3. The van der Waals surface area contributed by atoms with Gasteiger partial charge in [0.05, 0.1) is 4.90 Å². The van der Waals surface area contributed by atoms with E-state index in [-0.39, 0.29) is 6.04 Å². The maximum atomic E-state index is 12.7. The summed E-state index contributed by atoms with van der Waals surface area (Å²) in [4.78, 5) is 0.322. The third-order valence-corrected chi connectivity index (χ3v) is 5.66. The van der Waals surface area contributed by atoms with Crippen LogP contribution in [0.2, 0.25) is 0 Å². The molecule has 1 unspecified atom stereocenters. The molecule has 0 aromatic heterocycles. The maximum Gasteiger partial charge on any atom is 0.241 e. The van der Waals surface area contributed by atoms with Crippen molar-refractivity contribution in [2.45, 2.75) is 56.9 Å². The average Bonchev–Trinajstić information content (AvgIpc) is 2.59. The highest BCUT2D eigenvalue weighted by Crippen LogP contribution is 2.23. The normalized spacial score (nSPS) is 12.9. The molecule has 1 N–H and O–H groups in total. The Hall–Kier alpha value is -1.65. The number of nitrogens with one attached hydrogen (secondary N) is 1. The monoisotopic (exact) mass is 345 g/mol. The Kier molecular flexibility index (Phi) is 7.00. The van der Waals surface area contributed by atoms with E-state index in [1.807, 2.05) is 49.4 Å². The van der Waals surface area contributed by atoms with Crippen LogP contribution >= 0.6 is 0 Å². The van der Waals surface area contributed by atoms with Crippen molar-refractivity contribution in [3.63, 3.8) is 0 Å². The number of benzene rings is 2. The zero-order valence-corrected chi connectivity index (χ0v) is 15.4. The van der Waals surface area contributed by atoms with E-state index >= 15 is 0 Å². The Bertz CT molecular complexity index is 709. The summed E-state index contributed by atoms with van der Waals surface area (Å²) in [6, 6.07) is 16.6. The van der Waals surface area contributed by atoms with Crippen molar-refractivity contribution in [3.8, 4) is 0 Å². The molecule has 2 rings (SSSR count). The minimum absolute atomic E-state index is 0.186. The lowest BCUT2D eigenvalue weighted by molar-refractivity contribution is 0.513. The minimum Gasteiger partial charge on any atom is -0.207 e. The first-order chi connectivity index (χ1) is 11.5. The topological polar surface area (TPSA) is 46.2 Å².